The van der Waals surface area contributed by atoms with Crippen LogP contribution in [0.2, 0.25) is 0 Å². The summed E-state index contributed by atoms with van der Waals surface area (Å²) in [6.45, 7) is 4.74. The normalized spacial score (nSPS) is 12.6. The molecule has 6 nitrogen and oxygen atoms in total. The van der Waals surface area contributed by atoms with Crippen LogP contribution in [-0.2, 0) is 4.74 Å². The van der Waals surface area contributed by atoms with Crippen molar-refractivity contribution in [3.63, 3.8) is 0 Å². The smallest absolute Gasteiger partial charge is 0.184 e. The molecule has 0 amide bonds. The molecule has 1 aromatic heterocycles. The molecule has 2 N–H and O–H groups in total. The van der Waals surface area contributed by atoms with Gasteiger partial charge in [0.05, 0.1) is 6.04 Å². The lowest BCUT2D eigenvalue weighted by molar-refractivity contribution is 0.178. The van der Waals surface area contributed by atoms with Crippen molar-refractivity contribution in [3.05, 3.63) is 23.8 Å². The summed E-state index contributed by atoms with van der Waals surface area (Å²) >= 11 is 0. The van der Waals surface area contributed by atoms with Crippen molar-refractivity contribution in [1.82, 2.24) is 20.2 Å². The molecule has 2 rings (SSSR count). The first kappa shape index (κ1) is 13.5. The second-order valence-corrected chi connectivity index (χ2v) is 4.62. The molecule has 0 radical (unpaired) electrons. The quantitative estimate of drug-likeness (QED) is 0.831. The summed E-state index contributed by atoms with van der Waals surface area (Å²) in [6.07, 6.45) is 0.848. The Hall–Kier alpha value is -1.95. The Balaban J connectivity index is 2.39. The Morgan fingerprint density at radius 3 is 2.89 bits per heavy atom. The largest absolute Gasteiger partial charge is 0.398 e. The van der Waals surface area contributed by atoms with Gasteiger partial charge < -0.3 is 10.5 Å². The minimum Gasteiger partial charge on any atom is -0.398 e. The average molecular weight is 261 g/mol. The second-order valence-electron chi connectivity index (χ2n) is 4.62. The monoisotopic (exact) mass is 261 g/mol. The number of rotatable bonds is 5. The molecule has 6 heteroatoms. The fourth-order valence-electron chi connectivity index (χ4n) is 2.06. The van der Waals surface area contributed by atoms with Crippen molar-refractivity contribution >= 4 is 5.69 Å². The standard InChI is InChI=1S/C13H19N5O/c1-9-5-4-6-11(14)12(9)13-15-16-17-18(13)10(2)7-8-19-3/h4-6,10H,7-8,14H2,1-3H3. The third-order valence-electron chi connectivity index (χ3n) is 3.18. The van der Waals surface area contributed by atoms with Crippen LogP contribution in [0.5, 0.6) is 0 Å². The maximum atomic E-state index is 6.05. The van der Waals surface area contributed by atoms with E-state index in [2.05, 4.69) is 22.4 Å². The van der Waals surface area contributed by atoms with Crippen LogP contribution < -0.4 is 5.73 Å². The minimum absolute atomic E-state index is 0.156. The highest BCUT2D eigenvalue weighted by Gasteiger charge is 2.17. The summed E-state index contributed by atoms with van der Waals surface area (Å²) in [5.41, 5.74) is 8.70. The number of methoxy groups -OCH3 is 1. The number of aryl methyl sites for hydroxylation is 1. The SMILES string of the molecule is COCCC(C)n1nnnc1-c1c(C)cccc1N. The minimum atomic E-state index is 0.156. The summed E-state index contributed by atoms with van der Waals surface area (Å²) in [4.78, 5) is 0. The van der Waals surface area contributed by atoms with Gasteiger partial charge in [0.2, 0.25) is 0 Å². The molecule has 0 aliphatic heterocycles. The van der Waals surface area contributed by atoms with E-state index in [1.54, 1.807) is 11.8 Å². The van der Waals surface area contributed by atoms with E-state index in [-0.39, 0.29) is 6.04 Å². The Kier molecular flexibility index (Phi) is 4.11. The van der Waals surface area contributed by atoms with Gasteiger partial charge in [-0.25, -0.2) is 4.68 Å². The third kappa shape index (κ3) is 2.73. The molecule has 102 valence electrons. The van der Waals surface area contributed by atoms with Gasteiger partial charge >= 0.3 is 0 Å². The van der Waals surface area contributed by atoms with Crippen LogP contribution in [0.4, 0.5) is 5.69 Å². The number of benzene rings is 1. The molecule has 0 aliphatic rings. The molecular weight excluding hydrogens is 242 g/mol. The maximum Gasteiger partial charge on any atom is 0.184 e. The van der Waals surface area contributed by atoms with E-state index in [1.807, 2.05) is 25.1 Å². The number of nitrogen functional groups attached to an aromatic ring is 1. The molecule has 1 atom stereocenters. The van der Waals surface area contributed by atoms with Crippen LogP contribution in [0.3, 0.4) is 0 Å². The summed E-state index contributed by atoms with van der Waals surface area (Å²) in [5, 5.41) is 12.0. The van der Waals surface area contributed by atoms with Crippen LogP contribution in [0, 0.1) is 6.92 Å². The van der Waals surface area contributed by atoms with Gasteiger partial charge in [0, 0.05) is 25.0 Å². The first-order valence-corrected chi connectivity index (χ1v) is 6.27. The third-order valence-corrected chi connectivity index (χ3v) is 3.18. The molecule has 1 unspecified atom stereocenters. The zero-order valence-electron chi connectivity index (χ0n) is 11.5. The molecular formula is C13H19N5O. The summed E-state index contributed by atoms with van der Waals surface area (Å²) < 4.78 is 6.90. The van der Waals surface area contributed by atoms with E-state index in [9.17, 15) is 0 Å². The Bertz CT molecular complexity index is 531. The predicted octanol–water partition coefficient (Wildman–Crippen LogP) is 1.83. The van der Waals surface area contributed by atoms with E-state index in [4.69, 9.17) is 10.5 Å². The highest BCUT2D eigenvalue weighted by atomic mass is 16.5. The molecule has 1 aromatic carbocycles. The fraction of sp³-hybridized carbons (Fsp3) is 0.462. The molecule has 0 fully saturated rings. The molecule has 0 bridgehead atoms. The number of hydrogen-bond acceptors (Lipinski definition) is 5. The molecule has 19 heavy (non-hydrogen) atoms. The van der Waals surface area contributed by atoms with Crippen molar-refractivity contribution in [2.45, 2.75) is 26.3 Å². The van der Waals surface area contributed by atoms with Crippen LogP contribution >= 0.6 is 0 Å². The Morgan fingerprint density at radius 2 is 2.21 bits per heavy atom. The number of anilines is 1. The Labute approximate surface area is 112 Å². The number of ether oxygens (including phenoxy) is 1. The van der Waals surface area contributed by atoms with Gasteiger partial charge in [0.25, 0.3) is 0 Å². The molecule has 0 saturated heterocycles. The predicted molar refractivity (Wildman–Crippen MR) is 73.6 cm³/mol. The van der Waals surface area contributed by atoms with E-state index in [0.717, 1.165) is 17.5 Å². The zero-order valence-corrected chi connectivity index (χ0v) is 11.5. The van der Waals surface area contributed by atoms with Gasteiger partial charge in [0.1, 0.15) is 0 Å². The van der Waals surface area contributed by atoms with Gasteiger partial charge in [0.15, 0.2) is 5.82 Å². The van der Waals surface area contributed by atoms with Crippen molar-refractivity contribution in [3.8, 4) is 11.4 Å². The summed E-state index contributed by atoms with van der Waals surface area (Å²) in [7, 11) is 1.69. The first-order valence-electron chi connectivity index (χ1n) is 6.27. The van der Waals surface area contributed by atoms with Crippen molar-refractivity contribution in [2.24, 2.45) is 0 Å². The van der Waals surface area contributed by atoms with Crippen molar-refractivity contribution < 1.29 is 4.74 Å². The number of aromatic nitrogens is 4. The Morgan fingerprint density at radius 1 is 1.42 bits per heavy atom. The second kappa shape index (κ2) is 5.79. The van der Waals surface area contributed by atoms with Gasteiger partial charge in [-0.3, -0.25) is 0 Å². The molecule has 1 heterocycles. The lowest BCUT2D eigenvalue weighted by Gasteiger charge is -2.14. The number of nitrogens with zero attached hydrogens (tertiary/aromatic N) is 4. The van der Waals surface area contributed by atoms with Gasteiger partial charge in [-0.15, -0.1) is 5.10 Å². The highest BCUT2D eigenvalue weighted by Crippen LogP contribution is 2.29. The van der Waals surface area contributed by atoms with E-state index >= 15 is 0 Å². The molecule has 2 aromatic rings. The molecule has 0 spiro atoms. The van der Waals surface area contributed by atoms with Crippen LogP contribution in [0.1, 0.15) is 24.9 Å². The van der Waals surface area contributed by atoms with Gasteiger partial charge in [-0.1, -0.05) is 12.1 Å². The first-order chi connectivity index (χ1) is 9.15. The van der Waals surface area contributed by atoms with E-state index < -0.39 is 0 Å². The lowest BCUT2D eigenvalue weighted by atomic mass is 10.1. The number of tetrazole rings is 1. The van der Waals surface area contributed by atoms with Gasteiger partial charge in [-0.05, 0) is 42.3 Å². The van der Waals surface area contributed by atoms with Crippen molar-refractivity contribution in [2.75, 3.05) is 19.5 Å². The van der Waals surface area contributed by atoms with E-state index in [0.29, 0.717) is 18.1 Å². The van der Waals surface area contributed by atoms with Crippen LogP contribution in [-0.4, -0.2) is 33.9 Å². The lowest BCUT2D eigenvalue weighted by Crippen LogP contribution is -2.12. The number of hydrogen-bond donors (Lipinski definition) is 1. The van der Waals surface area contributed by atoms with Crippen molar-refractivity contribution in [1.29, 1.82) is 0 Å². The van der Waals surface area contributed by atoms with Gasteiger partial charge in [-0.2, -0.15) is 0 Å². The number of nitrogens with two attached hydrogens (primary N) is 1. The zero-order chi connectivity index (χ0) is 13.8. The van der Waals surface area contributed by atoms with Crippen LogP contribution in [0.25, 0.3) is 11.4 Å². The molecule has 0 aliphatic carbocycles. The summed E-state index contributed by atoms with van der Waals surface area (Å²) in [5.74, 6) is 0.708. The summed E-state index contributed by atoms with van der Waals surface area (Å²) in [6, 6.07) is 5.95. The fourth-order valence-corrected chi connectivity index (χ4v) is 2.06. The molecule has 0 saturated carbocycles. The topological polar surface area (TPSA) is 78.8 Å². The van der Waals surface area contributed by atoms with Crippen LogP contribution in [0.15, 0.2) is 18.2 Å². The van der Waals surface area contributed by atoms with E-state index in [1.165, 1.54) is 0 Å². The maximum absolute atomic E-state index is 6.05. The average Bonchev–Trinajstić information content (AvgIpc) is 2.85. The highest BCUT2D eigenvalue weighted by molar-refractivity contribution is 5.74.